The van der Waals surface area contributed by atoms with Crippen LogP contribution in [0.5, 0.6) is 17.2 Å². The molecule has 0 aliphatic heterocycles. The van der Waals surface area contributed by atoms with Crippen molar-refractivity contribution in [2.75, 3.05) is 14.2 Å². The molecule has 0 fully saturated rings. The van der Waals surface area contributed by atoms with Gasteiger partial charge in [0.15, 0.2) is 5.78 Å². The Balaban J connectivity index is 1.68. The number of hydrogen-bond donors (Lipinski definition) is 0. The van der Waals surface area contributed by atoms with Crippen LogP contribution in [0, 0.1) is 6.92 Å². The first kappa shape index (κ1) is 20.9. The van der Waals surface area contributed by atoms with Gasteiger partial charge in [0.2, 0.25) is 0 Å². The molecule has 0 heterocycles. The summed E-state index contributed by atoms with van der Waals surface area (Å²) in [4.78, 5) is 24.8. The topological polar surface area (TPSA) is 61.8 Å². The average molecular weight is 402 g/mol. The number of ketones is 1. The summed E-state index contributed by atoms with van der Waals surface area (Å²) in [5.74, 6) is 0.855. The predicted molar refractivity (Wildman–Crippen MR) is 115 cm³/mol. The van der Waals surface area contributed by atoms with E-state index in [9.17, 15) is 9.59 Å². The molecule has 0 N–H and O–H groups in total. The first-order valence-electron chi connectivity index (χ1n) is 9.33. The zero-order valence-corrected chi connectivity index (χ0v) is 17.0. The van der Waals surface area contributed by atoms with Gasteiger partial charge in [0.25, 0.3) is 0 Å². The lowest BCUT2D eigenvalue weighted by Crippen LogP contribution is -2.08. The summed E-state index contributed by atoms with van der Waals surface area (Å²) < 4.78 is 15.8. The first-order chi connectivity index (χ1) is 14.5. The predicted octanol–water partition coefficient (Wildman–Crippen LogP) is 5.13. The lowest BCUT2D eigenvalue weighted by molar-refractivity contribution is 0.0734. The van der Waals surface area contributed by atoms with E-state index in [1.54, 1.807) is 67.8 Å². The van der Waals surface area contributed by atoms with Crippen molar-refractivity contribution >= 4 is 17.8 Å². The quantitative estimate of drug-likeness (QED) is 0.237. The molecule has 0 spiro atoms. The van der Waals surface area contributed by atoms with Crippen LogP contribution in [-0.2, 0) is 0 Å². The van der Waals surface area contributed by atoms with E-state index in [2.05, 4.69) is 0 Å². The van der Waals surface area contributed by atoms with Crippen LogP contribution >= 0.6 is 0 Å². The van der Waals surface area contributed by atoms with Crippen molar-refractivity contribution in [1.29, 1.82) is 0 Å². The Labute approximate surface area is 175 Å². The van der Waals surface area contributed by atoms with E-state index in [1.807, 2.05) is 19.1 Å². The number of carbonyl (C=O) groups excluding carboxylic acids is 2. The molecule has 152 valence electrons. The molecular weight excluding hydrogens is 380 g/mol. The fourth-order valence-electron chi connectivity index (χ4n) is 2.77. The Kier molecular flexibility index (Phi) is 6.65. The number of allylic oxidation sites excluding steroid dienone is 1. The molecule has 5 heteroatoms. The van der Waals surface area contributed by atoms with Gasteiger partial charge in [0.1, 0.15) is 17.2 Å². The maximum absolute atomic E-state index is 12.6. The molecule has 0 aliphatic carbocycles. The molecule has 0 aliphatic rings. The Morgan fingerprint density at radius 1 is 0.800 bits per heavy atom. The van der Waals surface area contributed by atoms with E-state index >= 15 is 0 Å². The normalized spacial score (nSPS) is 10.6. The van der Waals surface area contributed by atoms with Crippen molar-refractivity contribution in [3.63, 3.8) is 0 Å². The number of hydrogen-bond acceptors (Lipinski definition) is 5. The Morgan fingerprint density at radius 3 is 2.10 bits per heavy atom. The summed E-state index contributed by atoms with van der Waals surface area (Å²) in [5, 5.41) is 0. The summed E-state index contributed by atoms with van der Waals surface area (Å²) in [7, 11) is 3.05. The molecule has 0 saturated heterocycles. The van der Waals surface area contributed by atoms with Gasteiger partial charge >= 0.3 is 5.97 Å². The maximum Gasteiger partial charge on any atom is 0.343 e. The molecule has 0 aromatic heterocycles. The monoisotopic (exact) mass is 402 g/mol. The Hall–Kier alpha value is -3.86. The van der Waals surface area contributed by atoms with E-state index in [-0.39, 0.29) is 5.78 Å². The van der Waals surface area contributed by atoms with Crippen LogP contribution in [0.4, 0.5) is 0 Å². The van der Waals surface area contributed by atoms with Crippen LogP contribution in [0.2, 0.25) is 0 Å². The summed E-state index contributed by atoms with van der Waals surface area (Å²) >= 11 is 0. The summed E-state index contributed by atoms with van der Waals surface area (Å²) in [6.45, 7) is 1.95. The molecular formula is C25H22O5. The number of ether oxygens (including phenoxy) is 3. The first-order valence-corrected chi connectivity index (χ1v) is 9.33. The van der Waals surface area contributed by atoms with Gasteiger partial charge in [0, 0.05) is 0 Å². The molecule has 0 saturated carbocycles. The maximum atomic E-state index is 12.6. The highest BCUT2D eigenvalue weighted by atomic mass is 16.5. The molecule has 0 radical (unpaired) electrons. The minimum absolute atomic E-state index is 0.208. The minimum atomic E-state index is -0.418. The van der Waals surface area contributed by atoms with Crippen LogP contribution in [0.3, 0.4) is 0 Å². The van der Waals surface area contributed by atoms with Crippen LogP contribution in [0.1, 0.15) is 31.8 Å². The van der Waals surface area contributed by atoms with E-state index in [0.717, 1.165) is 11.1 Å². The van der Waals surface area contributed by atoms with Gasteiger partial charge in [-0.3, -0.25) is 4.79 Å². The van der Waals surface area contributed by atoms with Crippen molar-refractivity contribution in [3.8, 4) is 17.2 Å². The highest BCUT2D eigenvalue weighted by molar-refractivity contribution is 6.08. The summed E-state index contributed by atoms with van der Waals surface area (Å²) in [6, 6.07) is 19.1. The average Bonchev–Trinajstić information content (AvgIpc) is 2.78. The third-order valence-electron chi connectivity index (χ3n) is 4.48. The fourth-order valence-corrected chi connectivity index (χ4v) is 2.77. The van der Waals surface area contributed by atoms with Gasteiger partial charge in [-0.25, -0.2) is 4.79 Å². The van der Waals surface area contributed by atoms with Gasteiger partial charge in [0.05, 0.1) is 25.3 Å². The number of aryl methyl sites for hydroxylation is 1. The Bertz CT molecular complexity index is 1060. The molecule has 0 amide bonds. The summed E-state index contributed by atoms with van der Waals surface area (Å²) in [5.41, 5.74) is 2.77. The van der Waals surface area contributed by atoms with Gasteiger partial charge in [-0.15, -0.1) is 0 Å². The van der Waals surface area contributed by atoms with Gasteiger partial charge < -0.3 is 14.2 Å². The molecule has 3 aromatic rings. The van der Waals surface area contributed by atoms with Crippen LogP contribution in [0.25, 0.3) is 6.08 Å². The van der Waals surface area contributed by atoms with Crippen molar-refractivity contribution in [1.82, 2.24) is 0 Å². The van der Waals surface area contributed by atoms with Crippen LogP contribution in [0.15, 0.2) is 72.8 Å². The third kappa shape index (κ3) is 5.14. The number of rotatable bonds is 7. The highest BCUT2D eigenvalue weighted by Crippen LogP contribution is 2.25. The van der Waals surface area contributed by atoms with E-state index in [0.29, 0.717) is 28.4 Å². The van der Waals surface area contributed by atoms with Gasteiger partial charge in [-0.05, 0) is 61.0 Å². The number of benzene rings is 3. The number of esters is 1. The Morgan fingerprint density at radius 2 is 1.47 bits per heavy atom. The summed E-state index contributed by atoms with van der Waals surface area (Å²) in [6.07, 6.45) is 3.15. The second kappa shape index (κ2) is 9.56. The third-order valence-corrected chi connectivity index (χ3v) is 4.48. The lowest BCUT2D eigenvalue weighted by atomic mass is 10.1. The lowest BCUT2D eigenvalue weighted by Gasteiger charge is -2.08. The second-order valence-electron chi connectivity index (χ2n) is 6.59. The highest BCUT2D eigenvalue weighted by Gasteiger charge is 2.11. The van der Waals surface area contributed by atoms with Gasteiger partial charge in [-0.2, -0.15) is 0 Å². The largest absolute Gasteiger partial charge is 0.497 e. The molecule has 5 nitrogen and oxygen atoms in total. The van der Waals surface area contributed by atoms with E-state index in [1.165, 1.54) is 13.2 Å². The molecule has 3 aromatic carbocycles. The smallest absolute Gasteiger partial charge is 0.343 e. The molecule has 30 heavy (non-hydrogen) atoms. The fraction of sp³-hybridized carbons (Fsp3) is 0.120. The van der Waals surface area contributed by atoms with Crippen molar-refractivity contribution in [2.45, 2.75) is 6.92 Å². The minimum Gasteiger partial charge on any atom is -0.497 e. The van der Waals surface area contributed by atoms with Crippen molar-refractivity contribution in [3.05, 3.63) is 95.1 Å². The van der Waals surface area contributed by atoms with E-state index < -0.39 is 5.97 Å². The van der Waals surface area contributed by atoms with Crippen molar-refractivity contribution < 1.29 is 23.8 Å². The second-order valence-corrected chi connectivity index (χ2v) is 6.59. The standard InChI is InChI=1S/C25H22O5/c1-17-4-9-19(10-5-17)25(27)30-20-11-6-18(7-12-20)8-14-23(26)22-16-21(28-2)13-15-24(22)29-3/h4-16H,1-3H3. The SMILES string of the molecule is COc1ccc(OC)c(C(=O)C=Cc2ccc(OC(=O)c3ccc(C)cc3)cc2)c1. The number of methoxy groups -OCH3 is 2. The molecule has 0 bridgehead atoms. The van der Waals surface area contributed by atoms with Crippen LogP contribution in [-0.4, -0.2) is 26.0 Å². The molecule has 0 unspecified atom stereocenters. The van der Waals surface area contributed by atoms with Gasteiger partial charge in [-0.1, -0.05) is 35.9 Å². The molecule has 0 atom stereocenters. The van der Waals surface area contributed by atoms with Crippen molar-refractivity contribution in [2.24, 2.45) is 0 Å². The number of carbonyl (C=O) groups is 2. The zero-order chi connectivity index (χ0) is 21.5. The van der Waals surface area contributed by atoms with Crippen LogP contribution < -0.4 is 14.2 Å². The molecule has 3 rings (SSSR count). The zero-order valence-electron chi connectivity index (χ0n) is 17.0. The van der Waals surface area contributed by atoms with E-state index in [4.69, 9.17) is 14.2 Å².